The molecule has 1 unspecified atom stereocenters. The predicted molar refractivity (Wildman–Crippen MR) is 167 cm³/mol. The summed E-state index contributed by atoms with van der Waals surface area (Å²) in [5, 5.41) is 11.4. The van der Waals surface area contributed by atoms with E-state index in [0.29, 0.717) is 35.5 Å². The van der Waals surface area contributed by atoms with E-state index in [9.17, 15) is 14.0 Å². The van der Waals surface area contributed by atoms with Gasteiger partial charge in [0.25, 0.3) is 5.91 Å². The van der Waals surface area contributed by atoms with Crippen molar-refractivity contribution in [2.24, 2.45) is 0 Å². The Morgan fingerprint density at radius 1 is 0.955 bits per heavy atom. The van der Waals surface area contributed by atoms with Crippen molar-refractivity contribution in [1.82, 2.24) is 19.9 Å². The Labute approximate surface area is 254 Å². The zero-order chi connectivity index (χ0) is 30.5. The molecule has 0 radical (unpaired) electrons. The fourth-order valence-corrected chi connectivity index (χ4v) is 5.48. The molecule has 5 aromatic rings. The standard InChI is InChI=1S/C34H33FN6O3/c1-24-7-2-3-8-26(24)22-40(32(42)23-41-31-12-5-4-11-30(31)37-38-41)33(25-9-6-10-27(35)21-25)34(43)36-28-13-15-29(16-14-28)39-17-19-44-20-18-39/h2-16,21,33H,17-20,22-23H2,1H3,(H,36,43). The lowest BCUT2D eigenvalue weighted by Crippen LogP contribution is -2.42. The molecule has 1 aromatic heterocycles. The van der Waals surface area contributed by atoms with Crippen molar-refractivity contribution in [2.45, 2.75) is 26.1 Å². The number of para-hydroxylation sites is 1. The maximum Gasteiger partial charge on any atom is 0.251 e. The van der Waals surface area contributed by atoms with Gasteiger partial charge >= 0.3 is 0 Å². The second-order valence-electron chi connectivity index (χ2n) is 10.8. The van der Waals surface area contributed by atoms with Gasteiger partial charge in [-0.2, -0.15) is 0 Å². The number of nitrogens with one attached hydrogen (secondary N) is 1. The van der Waals surface area contributed by atoms with Crippen LogP contribution in [0.25, 0.3) is 11.0 Å². The summed E-state index contributed by atoms with van der Waals surface area (Å²) < 4.78 is 21.6. The third kappa shape index (κ3) is 6.45. The Morgan fingerprint density at radius 2 is 1.70 bits per heavy atom. The first-order valence-electron chi connectivity index (χ1n) is 14.6. The van der Waals surface area contributed by atoms with E-state index in [1.807, 2.05) is 79.7 Å². The summed E-state index contributed by atoms with van der Waals surface area (Å²) in [6, 6.07) is 27.3. The number of carbonyl (C=O) groups is 2. The van der Waals surface area contributed by atoms with E-state index in [-0.39, 0.29) is 19.0 Å². The monoisotopic (exact) mass is 592 g/mol. The van der Waals surface area contributed by atoms with Gasteiger partial charge < -0.3 is 19.9 Å². The van der Waals surface area contributed by atoms with Crippen LogP contribution in [0.15, 0.2) is 97.1 Å². The molecule has 6 rings (SSSR count). The fraction of sp³-hybridized carbons (Fsp3) is 0.235. The molecule has 224 valence electrons. The molecule has 1 fully saturated rings. The van der Waals surface area contributed by atoms with Crippen LogP contribution in [0.2, 0.25) is 0 Å². The molecule has 1 saturated heterocycles. The zero-order valence-electron chi connectivity index (χ0n) is 24.4. The molecule has 2 amide bonds. The molecule has 1 aliphatic heterocycles. The first kappa shape index (κ1) is 29.0. The van der Waals surface area contributed by atoms with Crippen molar-refractivity contribution in [3.63, 3.8) is 0 Å². The van der Waals surface area contributed by atoms with Crippen LogP contribution in [0.1, 0.15) is 22.7 Å². The molecule has 0 bridgehead atoms. The maximum atomic E-state index is 14.6. The van der Waals surface area contributed by atoms with Gasteiger partial charge in [-0.25, -0.2) is 9.07 Å². The Morgan fingerprint density at radius 3 is 2.48 bits per heavy atom. The number of hydrogen-bond acceptors (Lipinski definition) is 6. The number of anilines is 2. The molecule has 1 aliphatic rings. The lowest BCUT2D eigenvalue weighted by atomic mass is 10.0. The van der Waals surface area contributed by atoms with E-state index in [1.54, 1.807) is 12.1 Å². The van der Waals surface area contributed by atoms with Crippen LogP contribution >= 0.6 is 0 Å². The third-order valence-corrected chi connectivity index (χ3v) is 7.86. The average Bonchev–Trinajstić information content (AvgIpc) is 3.45. The number of morpholine rings is 1. The summed E-state index contributed by atoms with van der Waals surface area (Å²) in [7, 11) is 0. The molecule has 44 heavy (non-hydrogen) atoms. The van der Waals surface area contributed by atoms with Crippen molar-refractivity contribution in [3.8, 4) is 0 Å². The fourth-order valence-electron chi connectivity index (χ4n) is 5.48. The lowest BCUT2D eigenvalue weighted by Gasteiger charge is -2.32. The predicted octanol–water partition coefficient (Wildman–Crippen LogP) is 5.12. The smallest absolute Gasteiger partial charge is 0.251 e. The van der Waals surface area contributed by atoms with E-state index in [4.69, 9.17) is 4.74 Å². The van der Waals surface area contributed by atoms with Gasteiger partial charge in [0.15, 0.2) is 0 Å². The highest BCUT2D eigenvalue weighted by Gasteiger charge is 2.33. The summed E-state index contributed by atoms with van der Waals surface area (Å²) in [4.78, 5) is 32.1. The van der Waals surface area contributed by atoms with Gasteiger partial charge in [-0.05, 0) is 72.1 Å². The maximum absolute atomic E-state index is 14.6. The van der Waals surface area contributed by atoms with Crippen LogP contribution in [-0.4, -0.2) is 58.0 Å². The van der Waals surface area contributed by atoms with E-state index < -0.39 is 17.8 Å². The SMILES string of the molecule is Cc1ccccc1CN(C(=O)Cn1nnc2ccccc21)C(C(=O)Nc1ccc(N2CCOCC2)cc1)c1cccc(F)c1. The van der Waals surface area contributed by atoms with Crippen LogP contribution < -0.4 is 10.2 Å². The van der Waals surface area contributed by atoms with E-state index >= 15 is 0 Å². The number of hydrogen-bond donors (Lipinski definition) is 1. The summed E-state index contributed by atoms with van der Waals surface area (Å²) in [5.74, 6) is -1.32. The molecular weight excluding hydrogens is 559 g/mol. The number of amides is 2. The molecule has 0 aliphatic carbocycles. The van der Waals surface area contributed by atoms with Crippen LogP contribution in [0, 0.1) is 12.7 Å². The minimum Gasteiger partial charge on any atom is -0.378 e. The Balaban J connectivity index is 1.34. The minimum absolute atomic E-state index is 0.128. The van der Waals surface area contributed by atoms with Gasteiger partial charge in [-0.15, -0.1) is 5.10 Å². The molecule has 4 aromatic carbocycles. The number of benzene rings is 4. The molecule has 10 heteroatoms. The molecule has 9 nitrogen and oxygen atoms in total. The van der Waals surface area contributed by atoms with Crippen LogP contribution in [0.5, 0.6) is 0 Å². The first-order chi connectivity index (χ1) is 21.5. The molecule has 1 N–H and O–H groups in total. The van der Waals surface area contributed by atoms with Gasteiger partial charge in [-0.1, -0.05) is 53.7 Å². The van der Waals surface area contributed by atoms with Gasteiger partial charge in [-0.3, -0.25) is 9.59 Å². The molecule has 2 heterocycles. The topological polar surface area (TPSA) is 92.6 Å². The number of rotatable bonds is 9. The van der Waals surface area contributed by atoms with Crippen molar-refractivity contribution in [1.29, 1.82) is 0 Å². The van der Waals surface area contributed by atoms with Crippen molar-refractivity contribution >= 4 is 34.2 Å². The Kier molecular flexibility index (Phi) is 8.60. The van der Waals surface area contributed by atoms with Crippen LogP contribution in [0.3, 0.4) is 0 Å². The Hall–Kier alpha value is -5.09. The number of nitrogens with zero attached hydrogens (tertiary/aromatic N) is 5. The number of halogens is 1. The van der Waals surface area contributed by atoms with Gasteiger partial charge in [0.05, 0.1) is 18.7 Å². The van der Waals surface area contributed by atoms with Crippen LogP contribution in [-0.2, 0) is 27.4 Å². The number of fused-ring (bicyclic) bond motifs is 1. The zero-order valence-corrected chi connectivity index (χ0v) is 24.4. The quantitative estimate of drug-likeness (QED) is 0.255. The van der Waals surface area contributed by atoms with E-state index in [2.05, 4.69) is 20.5 Å². The van der Waals surface area contributed by atoms with Crippen molar-refractivity contribution in [3.05, 3.63) is 120 Å². The summed E-state index contributed by atoms with van der Waals surface area (Å²) in [6.07, 6.45) is 0. The molecular formula is C34H33FN6O3. The van der Waals surface area contributed by atoms with Gasteiger partial charge in [0.1, 0.15) is 23.9 Å². The Bertz CT molecular complexity index is 1770. The number of carbonyl (C=O) groups excluding carboxylic acids is 2. The second kappa shape index (κ2) is 13.0. The van der Waals surface area contributed by atoms with Crippen molar-refractivity contribution < 1.29 is 18.7 Å². The summed E-state index contributed by atoms with van der Waals surface area (Å²) >= 11 is 0. The third-order valence-electron chi connectivity index (χ3n) is 7.86. The average molecular weight is 593 g/mol. The van der Waals surface area contributed by atoms with E-state index in [1.165, 1.54) is 21.7 Å². The number of ether oxygens (including phenoxy) is 1. The normalized spacial score (nSPS) is 13.9. The highest BCUT2D eigenvalue weighted by Crippen LogP contribution is 2.28. The largest absolute Gasteiger partial charge is 0.378 e. The summed E-state index contributed by atoms with van der Waals surface area (Å²) in [6.45, 7) is 4.86. The molecule has 0 saturated carbocycles. The summed E-state index contributed by atoms with van der Waals surface area (Å²) in [5.41, 5.74) is 5.15. The lowest BCUT2D eigenvalue weighted by molar-refractivity contribution is -0.140. The van der Waals surface area contributed by atoms with Gasteiger partial charge in [0.2, 0.25) is 5.91 Å². The molecule has 1 atom stereocenters. The second-order valence-corrected chi connectivity index (χ2v) is 10.8. The van der Waals surface area contributed by atoms with Gasteiger partial charge in [0, 0.05) is 31.0 Å². The van der Waals surface area contributed by atoms with E-state index in [0.717, 1.165) is 29.9 Å². The minimum atomic E-state index is -1.13. The molecule has 0 spiro atoms. The van der Waals surface area contributed by atoms with Crippen LogP contribution in [0.4, 0.5) is 15.8 Å². The highest BCUT2D eigenvalue weighted by atomic mass is 19.1. The number of aromatic nitrogens is 3. The highest BCUT2D eigenvalue weighted by molar-refractivity contribution is 5.98. The van der Waals surface area contributed by atoms with Crippen molar-refractivity contribution in [2.75, 3.05) is 36.5 Å². The number of aryl methyl sites for hydroxylation is 1. The first-order valence-corrected chi connectivity index (χ1v) is 14.6.